The van der Waals surface area contributed by atoms with Gasteiger partial charge in [-0.25, -0.2) is 8.42 Å². The van der Waals surface area contributed by atoms with Crippen molar-refractivity contribution in [3.63, 3.8) is 0 Å². The van der Waals surface area contributed by atoms with Gasteiger partial charge < -0.3 is 10.5 Å². The predicted molar refractivity (Wildman–Crippen MR) is 85.0 cm³/mol. The lowest BCUT2D eigenvalue weighted by Crippen LogP contribution is -2.62. The molecule has 0 aromatic rings. The van der Waals surface area contributed by atoms with Crippen LogP contribution in [0.5, 0.6) is 0 Å². The Morgan fingerprint density at radius 1 is 1.24 bits per heavy atom. The van der Waals surface area contributed by atoms with Crippen LogP contribution in [0.1, 0.15) is 39.5 Å². The van der Waals surface area contributed by atoms with Crippen molar-refractivity contribution in [3.8, 4) is 0 Å². The first-order valence-electron chi connectivity index (χ1n) is 8.00. The predicted octanol–water partition coefficient (Wildman–Crippen LogP) is 1.03. The summed E-state index contributed by atoms with van der Waals surface area (Å²) in [5.41, 5.74) is 6.47. The Bertz CT molecular complexity index is 444. The van der Waals surface area contributed by atoms with Crippen molar-refractivity contribution in [2.45, 2.75) is 56.4 Å². The van der Waals surface area contributed by atoms with Crippen molar-refractivity contribution in [2.24, 2.45) is 11.7 Å². The summed E-state index contributed by atoms with van der Waals surface area (Å²) in [5.74, 6) is 0.288. The number of rotatable bonds is 4. The van der Waals surface area contributed by atoms with Crippen LogP contribution in [0.15, 0.2) is 0 Å². The lowest BCUT2D eigenvalue weighted by Gasteiger charge is -2.48. The summed E-state index contributed by atoms with van der Waals surface area (Å²) >= 11 is 0. The number of ether oxygens (including phenoxy) is 1. The van der Waals surface area contributed by atoms with Gasteiger partial charge in [-0.05, 0) is 39.0 Å². The van der Waals surface area contributed by atoms with Gasteiger partial charge in [0.15, 0.2) is 0 Å². The van der Waals surface area contributed by atoms with Crippen LogP contribution in [0.3, 0.4) is 0 Å². The number of sulfone groups is 1. The molecule has 0 aromatic carbocycles. The van der Waals surface area contributed by atoms with Gasteiger partial charge in [-0.3, -0.25) is 4.90 Å². The van der Waals surface area contributed by atoms with Gasteiger partial charge in [0, 0.05) is 30.9 Å². The van der Waals surface area contributed by atoms with E-state index >= 15 is 0 Å². The molecule has 0 spiro atoms. The standard InChI is InChI=1S/C15H30N2O3S/c1-15(2,17-7-9-20-10-8-17)14(16)12-5-4-6-13(11-12)21(3,18)19/h12-14H,4-11,16H2,1-3H3. The second kappa shape index (κ2) is 6.52. The number of hydrogen-bond donors (Lipinski definition) is 1. The highest BCUT2D eigenvalue weighted by Crippen LogP contribution is 2.35. The van der Waals surface area contributed by atoms with Gasteiger partial charge in [0.25, 0.3) is 0 Å². The van der Waals surface area contributed by atoms with Crippen molar-refractivity contribution >= 4 is 9.84 Å². The molecule has 2 aliphatic rings. The Balaban J connectivity index is 2.05. The Morgan fingerprint density at radius 3 is 2.43 bits per heavy atom. The molecule has 2 N–H and O–H groups in total. The molecule has 0 radical (unpaired) electrons. The molecule has 1 aliphatic carbocycles. The maximum atomic E-state index is 11.8. The molecule has 1 heterocycles. The van der Waals surface area contributed by atoms with Crippen LogP contribution in [-0.4, -0.2) is 62.7 Å². The van der Waals surface area contributed by atoms with Crippen molar-refractivity contribution < 1.29 is 13.2 Å². The first-order chi connectivity index (χ1) is 9.73. The zero-order valence-corrected chi connectivity index (χ0v) is 14.4. The van der Waals surface area contributed by atoms with E-state index in [0.29, 0.717) is 6.42 Å². The fourth-order valence-electron chi connectivity index (χ4n) is 3.82. The fourth-order valence-corrected chi connectivity index (χ4v) is 5.02. The van der Waals surface area contributed by atoms with Crippen molar-refractivity contribution in [2.75, 3.05) is 32.6 Å². The number of nitrogens with two attached hydrogens (primary N) is 1. The van der Waals surface area contributed by atoms with Crippen LogP contribution in [-0.2, 0) is 14.6 Å². The normalized spacial score (nSPS) is 31.0. The van der Waals surface area contributed by atoms with Gasteiger partial charge in [0.1, 0.15) is 9.84 Å². The third-order valence-electron chi connectivity index (χ3n) is 5.42. The van der Waals surface area contributed by atoms with E-state index in [2.05, 4.69) is 18.7 Å². The molecule has 0 aromatic heterocycles. The van der Waals surface area contributed by atoms with E-state index < -0.39 is 9.84 Å². The highest BCUT2D eigenvalue weighted by atomic mass is 32.2. The summed E-state index contributed by atoms with van der Waals surface area (Å²) in [7, 11) is -2.95. The summed E-state index contributed by atoms with van der Waals surface area (Å²) in [5, 5.41) is -0.206. The Hall–Kier alpha value is -0.170. The number of morpholine rings is 1. The number of hydrogen-bond acceptors (Lipinski definition) is 5. The van der Waals surface area contributed by atoms with Crippen LogP contribution in [0.25, 0.3) is 0 Å². The average molecular weight is 318 g/mol. The summed E-state index contributed by atoms with van der Waals surface area (Å²) in [4.78, 5) is 2.39. The van der Waals surface area contributed by atoms with Gasteiger partial charge in [-0.15, -0.1) is 0 Å². The third-order valence-corrected chi connectivity index (χ3v) is 7.06. The number of nitrogens with zero attached hydrogens (tertiary/aromatic N) is 1. The molecule has 3 atom stereocenters. The lowest BCUT2D eigenvalue weighted by atomic mass is 9.76. The van der Waals surface area contributed by atoms with Crippen LogP contribution in [0.4, 0.5) is 0 Å². The Labute approximate surface area is 129 Å². The lowest BCUT2D eigenvalue weighted by molar-refractivity contribution is -0.0278. The molecular weight excluding hydrogens is 288 g/mol. The molecule has 6 heteroatoms. The monoisotopic (exact) mass is 318 g/mol. The molecule has 124 valence electrons. The van der Waals surface area contributed by atoms with Crippen molar-refractivity contribution in [1.82, 2.24) is 4.90 Å². The van der Waals surface area contributed by atoms with E-state index in [9.17, 15) is 8.42 Å². The minimum Gasteiger partial charge on any atom is -0.379 e. The maximum absolute atomic E-state index is 11.8. The molecule has 1 saturated carbocycles. The summed E-state index contributed by atoms with van der Waals surface area (Å²) in [6.45, 7) is 7.70. The molecule has 21 heavy (non-hydrogen) atoms. The second-order valence-electron chi connectivity index (χ2n) is 7.16. The molecular formula is C15H30N2O3S. The minimum absolute atomic E-state index is 0.000139. The van der Waals surface area contributed by atoms with Gasteiger partial charge in [0.05, 0.1) is 18.5 Å². The van der Waals surface area contributed by atoms with E-state index in [1.807, 2.05) is 0 Å². The minimum atomic E-state index is -2.95. The molecule has 2 rings (SSSR count). The van der Waals surface area contributed by atoms with E-state index in [1.165, 1.54) is 6.26 Å². The SMILES string of the molecule is CC(C)(C(N)C1CCCC(S(C)(=O)=O)C1)N1CCOCC1. The van der Waals surface area contributed by atoms with Gasteiger partial charge in [-0.2, -0.15) is 0 Å². The first kappa shape index (κ1) is 17.2. The largest absolute Gasteiger partial charge is 0.379 e. The molecule has 5 nitrogen and oxygen atoms in total. The molecule has 0 amide bonds. The molecule has 1 aliphatic heterocycles. The summed E-state index contributed by atoms with van der Waals surface area (Å²) < 4.78 is 29.1. The highest BCUT2D eigenvalue weighted by molar-refractivity contribution is 7.91. The molecule has 1 saturated heterocycles. The fraction of sp³-hybridized carbons (Fsp3) is 1.00. The van der Waals surface area contributed by atoms with E-state index in [0.717, 1.165) is 45.6 Å². The van der Waals surface area contributed by atoms with Crippen molar-refractivity contribution in [1.29, 1.82) is 0 Å². The van der Waals surface area contributed by atoms with Crippen LogP contribution >= 0.6 is 0 Å². The zero-order valence-electron chi connectivity index (χ0n) is 13.5. The van der Waals surface area contributed by atoms with E-state index in [4.69, 9.17) is 10.5 Å². The van der Waals surface area contributed by atoms with Crippen LogP contribution in [0, 0.1) is 5.92 Å². The third kappa shape index (κ3) is 3.97. The van der Waals surface area contributed by atoms with Crippen molar-refractivity contribution in [3.05, 3.63) is 0 Å². The second-order valence-corrected chi connectivity index (χ2v) is 9.48. The van der Waals surface area contributed by atoms with Crippen LogP contribution in [0.2, 0.25) is 0 Å². The smallest absolute Gasteiger partial charge is 0.150 e. The maximum Gasteiger partial charge on any atom is 0.150 e. The van der Waals surface area contributed by atoms with Gasteiger partial charge >= 0.3 is 0 Å². The van der Waals surface area contributed by atoms with E-state index in [1.54, 1.807) is 0 Å². The van der Waals surface area contributed by atoms with E-state index in [-0.39, 0.29) is 22.7 Å². The quantitative estimate of drug-likeness (QED) is 0.838. The zero-order chi connectivity index (χ0) is 15.7. The molecule has 3 unspecified atom stereocenters. The first-order valence-corrected chi connectivity index (χ1v) is 9.95. The highest BCUT2D eigenvalue weighted by Gasteiger charge is 2.41. The summed E-state index contributed by atoms with van der Waals surface area (Å²) in [6.07, 6.45) is 4.88. The Morgan fingerprint density at radius 2 is 1.86 bits per heavy atom. The van der Waals surface area contributed by atoms with Crippen LogP contribution < -0.4 is 5.73 Å². The topological polar surface area (TPSA) is 72.6 Å². The molecule has 2 fully saturated rings. The molecule has 0 bridgehead atoms. The average Bonchev–Trinajstić information content (AvgIpc) is 2.46. The summed E-state index contributed by atoms with van der Waals surface area (Å²) in [6, 6.07) is 0.000139. The van der Waals surface area contributed by atoms with Gasteiger partial charge in [-0.1, -0.05) is 6.42 Å². The van der Waals surface area contributed by atoms with Gasteiger partial charge in [0.2, 0.25) is 0 Å². The Kier molecular flexibility index (Phi) is 5.34.